The zero-order chi connectivity index (χ0) is 17.9. The van der Waals surface area contributed by atoms with Crippen LogP contribution in [0.1, 0.15) is 45.6 Å². The number of hydrogen-bond donors (Lipinski definition) is 0. The quantitative estimate of drug-likeness (QED) is 0.777. The molecule has 1 amide bonds. The van der Waals surface area contributed by atoms with Gasteiger partial charge >= 0.3 is 5.97 Å². The summed E-state index contributed by atoms with van der Waals surface area (Å²) < 4.78 is 10.9. The highest BCUT2D eigenvalue weighted by atomic mass is 16.5. The van der Waals surface area contributed by atoms with E-state index in [1.54, 1.807) is 18.9 Å². The van der Waals surface area contributed by atoms with Gasteiger partial charge in [-0.2, -0.15) is 0 Å². The summed E-state index contributed by atoms with van der Waals surface area (Å²) in [6, 6.07) is 7.49. The van der Waals surface area contributed by atoms with Crippen molar-refractivity contribution >= 4 is 11.9 Å². The van der Waals surface area contributed by atoms with E-state index in [1.807, 2.05) is 45.0 Å². The maximum Gasteiger partial charge on any atom is 0.336 e. The van der Waals surface area contributed by atoms with Crippen LogP contribution in [0.25, 0.3) is 0 Å². The number of hydrogen-bond acceptors (Lipinski definition) is 4. The summed E-state index contributed by atoms with van der Waals surface area (Å²) in [6.07, 6.45) is 0.0116. The number of ether oxygens (including phenoxy) is 2. The Balaban J connectivity index is 2.57. The van der Waals surface area contributed by atoms with E-state index in [-0.39, 0.29) is 30.3 Å². The Morgan fingerprint density at radius 1 is 1.33 bits per heavy atom. The van der Waals surface area contributed by atoms with E-state index in [2.05, 4.69) is 0 Å². The fourth-order valence-electron chi connectivity index (χ4n) is 3.17. The Morgan fingerprint density at radius 3 is 2.58 bits per heavy atom. The van der Waals surface area contributed by atoms with Crippen LogP contribution in [-0.4, -0.2) is 36.5 Å². The van der Waals surface area contributed by atoms with Crippen molar-refractivity contribution in [2.75, 3.05) is 13.7 Å². The molecule has 0 unspecified atom stereocenters. The number of allylic oxidation sites excluding steroid dienone is 1. The third-order valence-electron chi connectivity index (χ3n) is 4.22. The fourth-order valence-corrected chi connectivity index (χ4v) is 3.17. The van der Waals surface area contributed by atoms with E-state index in [1.165, 1.54) is 0 Å². The average molecular weight is 331 g/mol. The van der Waals surface area contributed by atoms with E-state index in [9.17, 15) is 9.59 Å². The Kier molecular flexibility index (Phi) is 5.65. The molecule has 0 aromatic heterocycles. The van der Waals surface area contributed by atoms with Crippen LogP contribution >= 0.6 is 0 Å². The van der Waals surface area contributed by atoms with Crippen LogP contribution in [0, 0.1) is 0 Å². The third-order valence-corrected chi connectivity index (χ3v) is 4.22. The summed E-state index contributed by atoms with van der Waals surface area (Å²) in [5.41, 5.74) is 2.03. The van der Waals surface area contributed by atoms with E-state index in [0.717, 1.165) is 5.56 Å². The Labute approximate surface area is 143 Å². The maximum absolute atomic E-state index is 12.7. The lowest BCUT2D eigenvalue weighted by atomic mass is 9.83. The summed E-state index contributed by atoms with van der Waals surface area (Å²) >= 11 is 0. The highest BCUT2D eigenvalue weighted by molar-refractivity contribution is 5.96. The number of methoxy groups -OCH3 is 1. The molecule has 1 heterocycles. The number of para-hydroxylation sites is 1. The predicted octanol–water partition coefficient (Wildman–Crippen LogP) is 3.26. The van der Waals surface area contributed by atoms with Gasteiger partial charge in [0.25, 0.3) is 0 Å². The first kappa shape index (κ1) is 18.0. The van der Waals surface area contributed by atoms with Crippen LogP contribution in [0.4, 0.5) is 0 Å². The Hall–Kier alpha value is -2.30. The van der Waals surface area contributed by atoms with Crippen LogP contribution in [-0.2, 0) is 14.3 Å². The van der Waals surface area contributed by atoms with Crippen LogP contribution in [0.15, 0.2) is 35.5 Å². The number of rotatable bonds is 5. The molecular formula is C19H25NO4. The zero-order valence-corrected chi connectivity index (χ0v) is 15.0. The summed E-state index contributed by atoms with van der Waals surface area (Å²) in [7, 11) is 1.59. The molecule has 0 N–H and O–H groups in total. The van der Waals surface area contributed by atoms with Crippen LogP contribution in [0.3, 0.4) is 0 Å². The summed E-state index contributed by atoms with van der Waals surface area (Å²) in [4.78, 5) is 26.9. The van der Waals surface area contributed by atoms with Gasteiger partial charge in [0.2, 0.25) is 5.91 Å². The highest BCUT2D eigenvalue weighted by Crippen LogP contribution is 2.40. The smallest absolute Gasteiger partial charge is 0.336 e. The monoisotopic (exact) mass is 331 g/mol. The fraction of sp³-hybridized carbons (Fsp3) is 0.474. The summed E-state index contributed by atoms with van der Waals surface area (Å²) in [6.45, 7) is 7.87. The molecule has 0 spiro atoms. The van der Waals surface area contributed by atoms with Crippen molar-refractivity contribution in [1.29, 1.82) is 0 Å². The topological polar surface area (TPSA) is 55.8 Å². The number of carbonyl (C=O) groups excluding carboxylic acids is 2. The van der Waals surface area contributed by atoms with E-state index >= 15 is 0 Å². The normalized spacial score (nSPS) is 18.2. The van der Waals surface area contributed by atoms with Crippen molar-refractivity contribution in [2.45, 2.75) is 46.1 Å². The van der Waals surface area contributed by atoms with Crippen molar-refractivity contribution in [3.63, 3.8) is 0 Å². The molecule has 130 valence electrons. The van der Waals surface area contributed by atoms with E-state index < -0.39 is 0 Å². The molecule has 2 rings (SSSR count). The van der Waals surface area contributed by atoms with Crippen molar-refractivity contribution in [2.24, 2.45) is 0 Å². The molecule has 0 radical (unpaired) electrons. The second-order valence-corrected chi connectivity index (χ2v) is 6.09. The molecule has 24 heavy (non-hydrogen) atoms. The van der Waals surface area contributed by atoms with Gasteiger partial charge in [-0.25, -0.2) is 4.79 Å². The first-order valence-electron chi connectivity index (χ1n) is 8.25. The van der Waals surface area contributed by atoms with Gasteiger partial charge in [-0.3, -0.25) is 4.79 Å². The first-order chi connectivity index (χ1) is 11.4. The molecular weight excluding hydrogens is 306 g/mol. The van der Waals surface area contributed by atoms with Crippen LogP contribution in [0.2, 0.25) is 0 Å². The van der Waals surface area contributed by atoms with Gasteiger partial charge < -0.3 is 14.4 Å². The number of esters is 1. The molecule has 1 aliphatic rings. The van der Waals surface area contributed by atoms with E-state index in [4.69, 9.17) is 9.47 Å². The second-order valence-electron chi connectivity index (χ2n) is 6.09. The number of nitrogens with zero attached hydrogens (tertiary/aromatic N) is 1. The first-order valence-corrected chi connectivity index (χ1v) is 8.25. The lowest BCUT2D eigenvalue weighted by Gasteiger charge is -2.34. The Bertz CT molecular complexity index is 663. The minimum atomic E-state index is -0.371. The van der Waals surface area contributed by atoms with Gasteiger partial charge in [0, 0.05) is 30.1 Å². The molecule has 0 saturated carbocycles. The number of carbonyl (C=O) groups is 2. The number of amides is 1. The SMILES string of the molecule is CCN1C(=O)C[C@H](c2ccccc2OC)C(C(=O)OC(C)C)=C1C. The van der Waals surface area contributed by atoms with E-state index in [0.29, 0.717) is 23.6 Å². The highest BCUT2D eigenvalue weighted by Gasteiger charge is 2.37. The molecule has 5 heteroatoms. The minimum Gasteiger partial charge on any atom is -0.496 e. The molecule has 5 nitrogen and oxygen atoms in total. The van der Waals surface area contributed by atoms with Crippen molar-refractivity contribution < 1.29 is 19.1 Å². The minimum absolute atomic E-state index is 0.00648. The summed E-state index contributed by atoms with van der Waals surface area (Å²) in [5.74, 6) is -0.0537. The lowest BCUT2D eigenvalue weighted by Crippen LogP contribution is -2.38. The molecule has 0 bridgehead atoms. The largest absolute Gasteiger partial charge is 0.496 e. The average Bonchev–Trinajstić information content (AvgIpc) is 2.53. The molecule has 0 fully saturated rings. The van der Waals surface area contributed by atoms with Gasteiger partial charge in [-0.15, -0.1) is 0 Å². The van der Waals surface area contributed by atoms with Gasteiger partial charge in [-0.05, 0) is 33.8 Å². The second kappa shape index (κ2) is 7.51. The molecule has 1 aromatic carbocycles. The molecule has 1 aliphatic heterocycles. The zero-order valence-electron chi connectivity index (χ0n) is 15.0. The number of benzene rings is 1. The van der Waals surface area contributed by atoms with Crippen molar-refractivity contribution in [3.8, 4) is 5.75 Å². The molecule has 0 aliphatic carbocycles. The molecule has 1 aromatic rings. The van der Waals surface area contributed by atoms with Gasteiger partial charge in [0.05, 0.1) is 18.8 Å². The Morgan fingerprint density at radius 2 is 2.00 bits per heavy atom. The van der Waals surface area contributed by atoms with Crippen LogP contribution < -0.4 is 4.74 Å². The predicted molar refractivity (Wildman–Crippen MR) is 91.7 cm³/mol. The van der Waals surface area contributed by atoms with Gasteiger partial charge in [-0.1, -0.05) is 18.2 Å². The third kappa shape index (κ3) is 3.45. The maximum atomic E-state index is 12.7. The molecule has 0 saturated heterocycles. The van der Waals surface area contributed by atoms with Gasteiger partial charge in [0.15, 0.2) is 0 Å². The standard InChI is InChI=1S/C19H25NO4/c1-6-20-13(4)18(19(22)24-12(2)3)15(11-17(20)21)14-9-7-8-10-16(14)23-5/h7-10,12,15H,6,11H2,1-5H3/t15-/m1/s1. The van der Waals surface area contributed by atoms with Crippen molar-refractivity contribution in [1.82, 2.24) is 4.90 Å². The lowest BCUT2D eigenvalue weighted by molar-refractivity contribution is -0.143. The van der Waals surface area contributed by atoms with Crippen LogP contribution in [0.5, 0.6) is 5.75 Å². The van der Waals surface area contributed by atoms with Crippen molar-refractivity contribution in [3.05, 3.63) is 41.1 Å². The van der Waals surface area contributed by atoms with Gasteiger partial charge in [0.1, 0.15) is 5.75 Å². The summed E-state index contributed by atoms with van der Waals surface area (Å²) in [5, 5.41) is 0. The molecule has 1 atom stereocenters.